The van der Waals surface area contributed by atoms with Crippen LogP contribution in [-0.2, 0) is 10.4 Å². The van der Waals surface area contributed by atoms with Crippen molar-refractivity contribution >= 4 is 16.6 Å². The van der Waals surface area contributed by atoms with Gasteiger partial charge in [0.15, 0.2) is 17.5 Å². The maximum absolute atomic E-state index is 11.7. The molecule has 0 amide bonds. The number of hydroxylamine groups is 1. The third-order valence-electron chi connectivity index (χ3n) is 2.03. The van der Waals surface area contributed by atoms with Gasteiger partial charge < -0.3 is 9.39 Å². The highest BCUT2D eigenvalue weighted by Gasteiger charge is 2.19. The van der Waals surface area contributed by atoms with Gasteiger partial charge in [-0.15, -0.1) is 0 Å². The summed E-state index contributed by atoms with van der Waals surface area (Å²) in [6.07, 6.45) is 1.21. The van der Waals surface area contributed by atoms with Crippen LogP contribution in [0.15, 0.2) is 24.3 Å². The van der Waals surface area contributed by atoms with Gasteiger partial charge in [0.25, 0.3) is 0 Å². The lowest BCUT2D eigenvalue weighted by atomic mass is 10.1. The van der Waals surface area contributed by atoms with E-state index < -0.39 is 15.9 Å². The molecule has 18 heavy (non-hydrogen) atoms. The third kappa shape index (κ3) is 4.34. The Bertz CT molecular complexity index is 557. The van der Waals surface area contributed by atoms with Gasteiger partial charge in [-0.05, 0) is 12.1 Å². The van der Waals surface area contributed by atoms with Gasteiger partial charge in [-0.3, -0.25) is 4.55 Å². The van der Waals surface area contributed by atoms with E-state index in [1.54, 1.807) is 26.8 Å². The molecule has 0 aliphatic rings. The first-order chi connectivity index (χ1) is 8.09. The Kier molecular flexibility index (Phi) is 3.98. The molecule has 1 aromatic carbocycles. The van der Waals surface area contributed by atoms with Crippen LogP contribution in [0.2, 0.25) is 0 Å². The molecule has 0 unspecified atom stereocenters. The number of para-hydroxylation sites is 1. The smallest absolute Gasteiger partial charge is 0.446 e. The molecule has 0 saturated carbocycles. The molecule has 6 nitrogen and oxygen atoms in total. The number of rotatable bonds is 3. The number of hydrogen-bond acceptors (Lipinski definition) is 4. The number of hydrogen-bond donors (Lipinski definition) is 1. The Morgan fingerprint density at radius 2 is 1.89 bits per heavy atom. The summed E-state index contributed by atoms with van der Waals surface area (Å²) in [4.78, 5) is 0. The van der Waals surface area contributed by atoms with Crippen LogP contribution in [0.1, 0.15) is 26.3 Å². The van der Waals surface area contributed by atoms with Gasteiger partial charge >= 0.3 is 10.4 Å². The van der Waals surface area contributed by atoms with E-state index in [9.17, 15) is 13.6 Å². The standard InChI is InChI=1S/C11H15NO5S/c1-11(2,3)12(13)8-9-6-4-5-7-10(9)17-18(14,15)16/h4-8H,1-3H3,(H,14,15,16). The minimum absolute atomic E-state index is 0.106. The molecule has 0 aliphatic carbocycles. The zero-order chi connectivity index (χ0) is 14.0. The van der Waals surface area contributed by atoms with Crippen LogP contribution >= 0.6 is 0 Å². The van der Waals surface area contributed by atoms with Gasteiger partial charge in [0.05, 0.1) is 5.56 Å². The minimum atomic E-state index is -4.61. The van der Waals surface area contributed by atoms with Gasteiger partial charge in [0.2, 0.25) is 0 Å². The fourth-order valence-electron chi connectivity index (χ4n) is 1.10. The second-order valence-corrected chi connectivity index (χ2v) is 5.70. The van der Waals surface area contributed by atoms with E-state index in [0.717, 1.165) is 0 Å². The van der Waals surface area contributed by atoms with Gasteiger partial charge in [-0.2, -0.15) is 8.42 Å². The first-order valence-electron chi connectivity index (χ1n) is 5.17. The van der Waals surface area contributed by atoms with E-state index in [2.05, 4.69) is 4.18 Å². The van der Waals surface area contributed by atoms with Gasteiger partial charge in [-0.1, -0.05) is 12.1 Å². The lowest BCUT2D eigenvalue weighted by molar-refractivity contribution is -0.530. The van der Waals surface area contributed by atoms with Crippen molar-refractivity contribution in [3.8, 4) is 5.75 Å². The third-order valence-corrected chi connectivity index (χ3v) is 2.42. The van der Waals surface area contributed by atoms with E-state index in [1.165, 1.54) is 24.4 Å². The monoisotopic (exact) mass is 273 g/mol. The fourth-order valence-corrected chi connectivity index (χ4v) is 1.48. The van der Waals surface area contributed by atoms with E-state index in [0.29, 0.717) is 4.74 Å². The van der Waals surface area contributed by atoms with E-state index in [-0.39, 0.29) is 11.3 Å². The molecule has 0 spiro atoms. The fraction of sp³-hybridized carbons (Fsp3) is 0.364. The van der Waals surface area contributed by atoms with Crippen LogP contribution in [0.25, 0.3) is 0 Å². The second kappa shape index (κ2) is 4.95. The van der Waals surface area contributed by atoms with Crippen molar-refractivity contribution in [3.05, 3.63) is 35.0 Å². The number of benzene rings is 1. The molecule has 0 bridgehead atoms. The maximum atomic E-state index is 11.7. The Labute approximate surface area is 106 Å². The topological polar surface area (TPSA) is 89.7 Å². The molecule has 0 heterocycles. The highest BCUT2D eigenvalue weighted by molar-refractivity contribution is 7.81. The predicted molar refractivity (Wildman–Crippen MR) is 67.2 cm³/mol. The zero-order valence-corrected chi connectivity index (χ0v) is 11.1. The zero-order valence-electron chi connectivity index (χ0n) is 10.3. The highest BCUT2D eigenvalue weighted by atomic mass is 32.3. The summed E-state index contributed by atoms with van der Waals surface area (Å²) in [5.74, 6) is -0.106. The summed E-state index contributed by atoms with van der Waals surface area (Å²) in [6, 6.07) is 6.01. The van der Waals surface area contributed by atoms with Crippen LogP contribution in [0, 0.1) is 5.21 Å². The van der Waals surface area contributed by atoms with Gasteiger partial charge in [-0.25, -0.2) is 4.74 Å². The summed E-state index contributed by atoms with van der Waals surface area (Å²) in [7, 11) is -4.61. The molecule has 0 aromatic heterocycles. The van der Waals surface area contributed by atoms with E-state index in [1.807, 2.05) is 0 Å². The molecule has 0 fully saturated rings. The molecular formula is C11H15NO5S. The molecule has 7 heteroatoms. The predicted octanol–water partition coefficient (Wildman–Crippen LogP) is 1.60. The first-order valence-corrected chi connectivity index (χ1v) is 6.53. The van der Waals surface area contributed by atoms with Crippen molar-refractivity contribution in [2.45, 2.75) is 26.3 Å². The molecular weight excluding hydrogens is 258 g/mol. The maximum Gasteiger partial charge on any atom is 0.446 e. The Morgan fingerprint density at radius 3 is 2.39 bits per heavy atom. The summed E-state index contributed by atoms with van der Waals surface area (Å²) >= 11 is 0. The summed E-state index contributed by atoms with van der Waals surface area (Å²) < 4.78 is 35.0. The lowest BCUT2D eigenvalue weighted by Crippen LogP contribution is -2.29. The lowest BCUT2D eigenvalue weighted by Gasteiger charge is -2.18. The normalized spacial score (nSPS) is 13.4. The summed E-state index contributed by atoms with van der Waals surface area (Å²) in [5, 5.41) is 11.7. The van der Waals surface area contributed by atoms with Crippen LogP contribution in [0.5, 0.6) is 5.75 Å². The van der Waals surface area contributed by atoms with Crippen molar-refractivity contribution in [3.63, 3.8) is 0 Å². The summed E-state index contributed by atoms with van der Waals surface area (Å²) in [6.45, 7) is 5.13. The molecule has 1 N–H and O–H groups in total. The van der Waals surface area contributed by atoms with Crippen molar-refractivity contribution in [1.82, 2.24) is 0 Å². The van der Waals surface area contributed by atoms with Gasteiger partial charge in [0, 0.05) is 20.8 Å². The van der Waals surface area contributed by atoms with Crippen LogP contribution in [-0.4, -0.2) is 29.5 Å². The molecule has 100 valence electrons. The summed E-state index contributed by atoms with van der Waals surface area (Å²) in [5.41, 5.74) is -0.398. The van der Waals surface area contributed by atoms with Crippen molar-refractivity contribution < 1.29 is 21.9 Å². The Balaban J connectivity index is 3.19. The molecule has 1 rings (SSSR count). The first kappa shape index (κ1) is 14.5. The average Bonchev–Trinajstić information content (AvgIpc) is 2.17. The average molecular weight is 273 g/mol. The molecule has 0 atom stereocenters. The van der Waals surface area contributed by atoms with Crippen LogP contribution in [0.4, 0.5) is 0 Å². The Hall–Kier alpha value is -1.60. The van der Waals surface area contributed by atoms with Crippen molar-refractivity contribution in [2.75, 3.05) is 0 Å². The SMILES string of the molecule is CC(C)(C)[N+]([O-])=Cc1ccccc1OS(=O)(=O)O. The second-order valence-electron chi connectivity index (χ2n) is 4.67. The largest absolute Gasteiger partial charge is 0.623 e. The molecule has 0 radical (unpaired) electrons. The molecule has 0 saturated heterocycles. The Morgan fingerprint density at radius 1 is 1.33 bits per heavy atom. The van der Waals surface area contributed by atoms with E-state index in [4.69, 9.17) is 4.55 Å². The van der Waals surface area contributed by atoms with Gasteiger partial charge in [0.1, 0.15) is 0 Å². The highest BCUT2D eigenvalue weighted by Crippen LogP contribution is 2.18. The van der Waals surface area contributed by atoms with Crippen LogP contribution in [0.3, 0.4) is 0 Å². The minimum Gasteiger partial charge on any atom is -0.623 e. The molecule has 0 aliphatic heterocycles. The quantitative estimate of drug-likeness (QED) is 0.297. The van der Waals surface area contributed by atoms with Crippen molar-refractivity contribution in [1.29, 1.82) is 0 Å². The number of nitrogens with zero attached hydrogens (tertiary/aromatic N) is 1. The van der Waals surface area contributed by atoms with Crippen LogP contribution < -0.4 is 4.18 Å². The molecule has 1 aromatic rings. The van der Waals surface area contributed by atoms with Crippen molar-refractivity contribution in [2.24, 2.45) is 0 Å². The van der Waals surface area contributed by atoms with E-state index >= 15 is 0 Å².